The quantitative estimate of drug-likeness (QED) is 0.0550. The van der Waals surface area contributed by atoms with Gasteiger partial charge in [-0.2, -0.15) is 0 Å². The smallest absolute Gasteiger partial charge is 0.272 e. The van der Waals surface area contributed by atoms with Crippen LogP contribution in [0, 0.1) is 5.41 Å². The molecule has 0 aliphatic rings. The summed E-state index contributed by atoms with van der Waals surface area (Å²) in [5.74, 6) is -2.34. The summed E-state index contributed by atoms with van der Waals surface area (Å²) in [4.78, 5) is 66.7. The van der Waals surface area contributed by atoms with E-state index in [2.05, 4.69) is 38.1 Å². The van der Waals surface area contributed by atoms with Gasteiger partial charge in [-0.05, 0) is 42.5 Å². The topological polar surface area (TPSA) is 226 Å². The highest BCUT2D eigenvalue weighted by atomic mass is 35.5. The second kappa shape index (κ2) is 14.3. The lowest BCUT2D eigenvalue weighted by Crippen LogP contribution is -2.28. The summed E-state index contributed by atoms with van der Waals surface area (Å²) in [7, 11) is 4.97. The maximum Gasteiger partial charge on any atom is 0.272 e. The predicted octanol–water partition coefficient (Wildman–Crippen LogP) is 3.69. The molecule has 4 aromatic heterocycles. The van der Waals surface area contributed by atoms with Gasteiger partial charge < -0.3 is 51.0 Å². The van der Waals surface area contributed by atoms with Gasteiger partial charge in [-0.3, -0.25) is 29.4 Å². The van der Waals surface area contributed by atoms with Gasteiger partial charge in [-0.1, -0.05) is 18.2 Å². The van der Waals surface area contributed by atoms with Gasteiger partial charge in [-0.15, -0.1) is 0 Å². The normalized spacial score (nSPS) is 10.8. The Labute approximate surface area is 290 Å². The molecule has 0 fully saturated rings. The fourth-order valence-corrected chi connectivity index (χ4v) is 5.14. The number of hydrogen-bond donors (Lipinski definition) is 8. The second-order valence-corrected chi connectivity index (χ2v) is 11.9. The minimum Gasteiger partial charge on any atom is -0.388 e. The summed E-state index contributed by atoms with van der Waals surface area (Å²) in [6.07, 6.45) is 4.98. The zero-order chi connectivity index (χ0) is 36.3. The van der Waals surface area contributed by atoms with Crippen LogP contribution in [-0.2, 0) is 25.9 Å². The van der Waals surface area contributed by atoms with Gasteiger partial charge >= 0.3 is 0 Å². The molecule has 9 N–H and O–H groups in total. The predicted molar refractivity (Wildman–Crippen MR) is 191 cm³/mol. The molecule has 5 aromatic rings. The zero-order valence-electron chi connectivity index (χ0n) is 27.2. The number of H-pyrrole nitrogens is 1. The fourth-order valence-electron chi connectivity index (χ4n) is 5.10. The number of nitrogens with zero attached hydrogens (tertiary/aromatic N) is 3. The molecule has 17 heteroatoms. The Hall–Kier alpha value is -6.55. The first kappa shape index (κ1) is 34.8. The average Bonchev–Trinajstić information content (AvgIpc) is 3.81. The summed E-state index contributed by atoms with van der Waals surface area (Å²) in [6, 6.07) is 11.2. The molecule has 0 aliphatic carbocycles. The number of fused-ring (bicyclic) bond motifs is 1. The summed E-state index contributed by atoms with van der Waals surface area (Å²) in [5.41, 5.74) is 8.65. The van der Waals surface area contributed by atoms with E-state index in [0.29, 0.717) is 39.3 Å². The summed E-state index contributed by atoms with van der Waals surface area (Å²) < 4.78 is 4.66. The fraction of sp³-hybridized carbons (Fsp3) is 0.152. The first-order chi connectivity index (χ1) is 23.7. The van der Waals surface area contributed by atoms with Crippen molar-refractivity contribution in [2.24, 2.45) is 26.9 Å². The highest BCUT2D eigenvalue weighted by molar-refractivity contribution is 6.43. The molecule has 0 saturated heterocycles. The lowest BCUT2D eigenvalue weighted by Gasteiger charge is -2.04. The van der Waals surface area contributed by atoms with Crippen molar-refractivity contribution in [3.63, 3.8) is 0 Å². The molecule has 0 atom stereocenters. The van der Waals surface area contributed by atoms with Crippen molar-refractivity contribution in [3.8, 4) is 0 Å². The van der Waals surface area contributed by atoms with Crippen molar-refractivity contribution >= 4 is 80.6 Å². The molecule has 5 amide bonds. The van der Waals surface area contributed by atoms with E-state index in [1.54, 1.807) is 77.7 Å². The Morgan fingerprint density at radius 1 is 0.740 bits per heavy atom. The molecule has 0 aliphatic heterocycles. The summed E-state index contributed by atoms with van der Waals surface area (Å²) >= 11 is 5.64. The van der Waals surface area contributed by atoms with E-state index in [1.165, 1.54) is 18.2 Å². The first-order valence-corrected chi connectivity index (χ1v) is 15.4. The molecule has 0 radical (unpaired) electrons. The van der Waals surface area contributed by atoms with Crippen LogP contribution >= 0.6 is 11.6 Å². The summed E-state index contributed by atoms with van der Waals surface area (Å²) in [5, 5.41) is 21.4. The lowest BCUT2D eigenvalue weighted by atomic mass is 10.2. The number of carbonyl (C=O) groups excluding carboxylic acids is 5. The Morgan fingerprint density at radius 2 is 1.24 bits per heavy atom. The third-order valence-corrected chi connectivity index (χ3v) is 7.71. The van der Waals surface area contributed by atoms with E-state index < -0.39 is 23.6 Å². The molecule has 5 rings (SSSR count). The van der Waals surface area contributed by atoms with Crippen LogP contribution in [0.2, 0.25) is 0 Å². The Bertz CT molecular complexity index is 2200. The van der Waals surface area contributed by atoms with Crippen molar-refractivity contribution < 1.29 is 24.0 Å². The molecule has 1 aromatic carbocycles. The molecule has 0 saturated carbocycles. The number of aromatic amines is 1. The third-order valence-electron chi connectivity index (χ3n) is 7.54. The Morgan fingerprint density at radius 3 is 1.74 bits per heavy atom. The highest BCUT2D eigenvalue weighted by Crippen LogP contribution is 2.23. The van der Waals surface area contributed by atoms with Crippen molar-refractivity contribution in [2.45, 2.75) is 6.42 Å². The van der Waals surface area contributed by atoms with Gasteiger partial charge in [0, 0.05) is 69.3 Å². The minimum absolute atomic E-state index is 0.0375. The number of hydrogen-bond acceptors (Lipinski definition) is 6. The lowest BCUT2D eigenvalue weighted by molar-refractivity contribution is -0.112. The number of aromatic nitrogens is 4. The molecule has 258 valence electrons. The van der Waals surface area contributed by atoms with Gasteiger partial charge in [0.25, 0.3) is 29.5 Å². The number of aryl methyl sites for hydroxylation is 3. The van der Waals surface area contributed by atoms with E-state index in [-0.39, 0.29) is 46.8 Å². The van der Waals surface area contributed by atoms with Gasteiger partial charge in [0.05, 0.1) is 27.9 Å². The van der Waals surface area contributed by atoms with Crippen molar-refractivity contribution in [3.05, 3.63) is 95.4 Å². The average molecular weight is 700 g/mol. The van der Waals surface area contributed by atoms with Gasteiger partial charge in [0.15, 0.2) is 0 Å². The SMILES string of the molecule is C=C(Cl)C(=O)Nc1ccc2[nH]c(C(=O)Nc3cc(C(=O)Nc4cc(C(=O)Nc5cc(C(=O)NCCC(=N)N)n(C)c5)n(C)c4)n(C)c3)cc2c1. The van der Waals surface area contributed by atoms with Crippen molar-refractivity contribution in [1.29, 1.82) is 5.41 Å². The van der Waals surface area contributed by atoms with Gasteiger partial charge in [0.1, 0.15) is 22.8 Å². The van der Waals surface area contributed by atoms with Crippen LogP contribution in [0.3, 0.4) is 0 Å². The van der Waals surface area contributed by atoms with Crippen molar-refractivity contribution in [2.75, 3.05) is 27.8 Å². The maximum atomic E-state index is 13.2. The number of nitrogens with two attached hydrogens (primary N) is 1. The largest absolute Gasteiger partial charge is 0.388 e. The van der Waals surface area contributed by atoms with Gasteiger partial charge in [-0.25, -0.2) is 0 Å². The van der Waals surface area contributed by atoms with Crippen LogP contribution in [-0.4, -0.2) is 60.6 Å². The molecular weight excluding hydrogens is 666 g/mol. The molecular formula is C33H34ClN11O5. The Kier molecular flexibility index (Phi) is 9.94. The Balaban J connectivity index is 1.20. The van der Waals surface area contributed by atoms with E-state index in [4.69, 9.17) is 22.7 Å². The number of carbonyl (C=O) groups is 5. The number of amidine groups is 1. The number of nitrogens with one attached hydrogen (secondary N) is 7. The molecule has 50 heavy (non-hydrogen) atoms. The number of anilines is 4. The molecule has 4 heterocycles. The van der Waals surface area contributed by atoms with Gasteiger partial charge in [0.2, 0.25) is 0 Å². The number of benzene rings is 1. The van der Waals surface area contributed by atoms with Crippen LogP contribution in [0.15, 0.2) is 72.7 Å². The van der Waals surface area contributed by atoms with E-state index in [9.17, 15) is 24.0 Å². The van der Waals surface area contributed by atoms with Crippen LogP contribution < -0.4 is 32.3 Å². The molecule has 16 nitrogen and oxygen atoms in total. The third kappa shape index (κ3) is 7.94. The highest BCUT2D eigenvalue weighted by Gasteiger charge is 2.20. The first-order valence-electron chi connectivity index (χ1n) is 15.0. The van der Waals surface area contributed by atoms with Crippen molar-refractivity contribution in [1.82, 2.24) is 24.0 Å². The monoisotopic (exact) mass is 699 g/mol. The zero-order valence-corrected chi connectivity index (χ0v) is 28.0. The summed E-state index contributed by atoms with van der Waals surface area (Å²) in [6.45, 7) is 3.60. The molecule has 0 spiro atoms. The van der Waals surface area contributed by atoms with Crippen LogP contribution in [0.5, 0.6) is 0 Å². The van der Waals surface area contributed by atoms with E-state index in [1.807, 2.05) is 0 Å². The standard InChI is InChI=1S/C33H34ClN11O5/c1-17(34)29(46)38-19-5-6-23-18(9-19)10-24(42-23)30(47)39-20-12-26(44(3)14-20)32(49)41-22-13-27(45(4)16-22)33(50)40-21-11-25(43(2)15-21)31(48)37-8-7-28(35)36/h5-6,9-16,42H,1,7-8H2,2-4H3,(H3,35,36)(H,37,48)(H,38,46)(H,39,47)(H,40,50)(H,41,49). The number of amides is 5. The number of halogens is 1. The maximum absolute atomic E-state index is 13.2. The second-order valence-electron chi connectivity index (χ2n) is 11.4. The van der Waals surface area contributed by atoms with E-state index in [0.717, 1.165) is 0 Å². The molecule has 0 bridgehead atoms. The van der Waals surface area contributed by atoms with Crippen LogP contribution in [0.1, 0.15) is 48.4 Å². The van der Waals surface area contributed by atoms with E-state index >= 15 is 0 Å². The van der Waals surface area contributed by atoms with Crippen LogP contribution in [0.25, 0.3) is 10.9 Å². The minimum atomic E-state index is -0.536. The van der Waals surface area contributed by atoms with Crippen LogP contribution in [0.4, 0.5) is 22.7 Å². The molecule has 0 unspecified atom stereocenters. The number of rotatable bonds is 12.